The highest BCUT2D eigenvalue weighted by Crippen LogP contribution is 2.27. The molecular weight excluding hydrogens is 304 g/mol. The van der Waals surface area contributed by atoms with Crippen molar-refractivity contribution in [2.24, 2.45) is 0 Å². The number of nitrogens with zero attached hydrogens (tertiary/aromatic N) is 2. The lowest BCUT2D eigenvalue weighted by Crippen LogP contribution is -2.47. The lowest BCUT2D eigenvalue weighted by atomic mass is 10.2. The summed E-state index contributed by atoms with van der Waals surface area (Å²) in [5.41, 5.74) is 0. The second-order valence-corrected chi connectivity index (χ2v) is 7.43. The zero-order valence-electron chi connectivity index (χ0n) is 12.3. The van der Waals surface area contributed by atoms with E-state index in [1.54, 1.807) is 18.2 Å². The molecule has 120 valence electrons. The molecular formula is C15H20N2O4S. The molecule has 2 fully saturated rings. The summed E-state index contributed by atoms with van der Waals surface area (Å²) in [6.45, 7) is 3.47. The number of amides is 1. The summed E-state index contributed by atoms with van der Waals surface area (Å²) in [7, 11) is -3.76. The Bertz CT molecular complexity index is 626. The average Bonchev–Trinajstić information content (AvgIpc) is 2.90. The fourth-order valence-corrected chi connectivity index (χ4v) is 4.66. The summed E-state index contributed by atoms with van der Waals surface area (Å²) >= 11 is 0. The molecule has 3 rings (SSSR count). The largest absolute Gasteiger partial charge is 0.379 e. The number of hydrogen-bond donors (Lipinski definition) is 0. The molecule has 2 aliphatic heterocycles. The number of ether oxygens (including phenoxy) is 1. The van der Waals surface area contributed by atoms with Gasteiger partial charge in [0.15, 0.2) is 0 Å². The van der Waals surface area contributed by atoms with Crippen LogP contribution in [0.2, 0.25) is 0 Å². The molecule has 0 aliphatic carbocycles. The zero-order chi connectivity index (χ0) is 15.6. The second-order valence-electron chi connectivity index (χ2n) is 5.61. The molecule has 2 aliphatic rings. The van der Waals surface area contributed by atoms with Crippen molar-refractivity contribution in [1.29, 1.82) is 0 Å². The van der Waals surface area contributed by atoms with Crippen molar-refractivity contribution in [1.82, 2.24) is 9.21 Å². The molecule has 0 bridgehead atoms. The van der Waals surface area contributed by atoms with Gasteiger partial charge in [0.25, 0.3) is 10.0 Å². The van der Waals surface area contributed by atoms with Crippen LogP contribution in [0.15, 0.2) is 35.2 Å². The summed E-state index contributed by atoms with van der Waals surface area (Å²) in [5.74, 6) is -0.304. The van der Waals surface area contributed by atoms with Gasteiger partial charge < -0.3 is 4.74 Å². The van der Waals surface area contributed by atoms with E-state index >= 15 is 0 Å². The number of benzene rings is 1. The smallest absolute Gasteiger partial charge is 0.266 e. The Balaban J connectivity index is 1.81. The van der Waals surface area contributed by atoms with E-state index in [1.807, 2.05) is 0 Å². The van der Waals surface area contributed by atoms with Crippen molar-refractivity contribution in [2.75, 3.05) is 32.8 Å². The molecule has 0 saturated carbocycles. The number of carbonyl (C=O) groups excluding carboxylic acids is 1. The van der Waals surface area contributed by atoms with Gasteiger partial charge in [-0.2, -0.15) is 0 Å². The van der Waals surface area contributed by atoms with Gasteiger partial charge in [-0.3, -0.25) is 9.69 Å². The molecule has 2 heterocycles. The minimum absolute atomic E-state index is 0.178. The quantitative estimate of drug-likeness (QED) is 0.815. The van der Waals surface area contributed by atoms with E-state index < -0.39 is 10.0 Å². The molecule has 6 nitrogen and oxygen atoms in total. The Morgan fingerprint density at radius 1 is 1.14 bits per heavy atom. The fraction of sp³-hybridized carbons (Fsp3) is 0.533. The van der Waals surface area contributed by atoms with Gasteiger partial charge in [0.1, 0.15) is 0 Å². The van der Waals surface area contributed by atoms with E-state index in [0.717, 1.165) is 17.4 Å². The van der Waals surface area contributed by atoms with E-state index in [1.165, 1.54) is 12.1 Å². The lowest BCUT2D eigenvalue weighted by molar-refractivity contribution is -0.124. The Morgan fingerprint density at radius 3 is 2.50 bits per heavy atom. The van der Waals surface area contributed by atoms with Gasteiger partial charge in [0.05, 0.1) is 24.2 Å². The van der Waals surface area contributed by atoms with Crippen LogP contribution in [0.5, 0.6) is 0 Å². The van der Waals surface area contributed by atoms with Gasteiger partial charge in [-0.1, -0.05) is 18.2 Å². The Morgan fingerprint density at radius 2 is 1.82 bits per heavy atom. The van der Waals surface area contributed by atoms with Crippen LogP contribution in [0.3, 0.4) is 0 Å². The van der Waals surface area contributed by atoms with E-state index in [-0.39, 0.29) is 16.8 Å². The Labute approximate surface area is 130 Å². The zero-order valence-corrected chi connectivity index (χ0v) is 13.2. The molecule has 2 saturated heterocycles. The van der Waals surface area contributed by atoms with Crippen LogP contribution in [-0.4, -0.2) is 62.4 Å². The second kappa shape index (κ2) is 6.36. The van der Waals surface area contributed by atoms with Crippen molar-refractivity contribution in [3.8, 4) is 0 Å². The minimum Gasteiger partial charge on any atom is -0.379 e. The summed E-state index contributed by atoms with van der Waals surface area (Å²) in [5, 5.41) is 0. The van der Waals surface area contributed by atoms with Crippen LogP contribution in [-0.2, 0) is 19.6 Å². The number of hydrogen-bond acceptors (Lipinski definition) is 5. The molecule has 0 unspecified atom stereocenters. The van der Waals surface area contributed by atoms with E-state index in [0.29, 0.717) is 32.6 Å². The van der Waals surface area contributed by atoms with Crippen molar-refractivity contribution >= 4 is 15.9 Å². The normalized spacial score (nSPS) is 23.9. The molecule has 1 aromatic carbocycles. The van der Waals surface area contributed by atoms with Gasteiger partial charge in [-0.05, 0) is 18.6 Å². The first-order valence-corrected chi connectivity index (χ1v) is 8.95. The Hall–Kier alpha value is -1.44. The predicted molar refractivity (Wildman–Crippen MR) is 80.8 cm³/mol. The highest BCUT2D eigenvalue weighted by atomic mass is 32.2. The maximum atomic E-state index is 12.8. The third kappa shape index (κ3) is 3.02. The number of sulfonamides is 1. The molecule has 0 radical (unpaired) electrons. The van der Waals surface area contributed by atoms with Crippen molar-refractivity contribution in [3.05, 3.63) is 30.3 Å². The summed E-state index contributed by atoms with van der Waals surface area (Å²) in [4.78, 5) is 14.5. The maximum Gasteiger partial charge on any atom is 0.266 e. The van der Waals surface area contributed by atoms with Crippen LogP contribution >= 0.6 is 0 Å². The van der Waals surface area contributed by atoms with E-state index in [4.69, 9.17) is 4.74 Å². The molecule has 7 heteroatoms. The van der Waals surface area contributed by atoms with Gasteiger partial charge in [0, 0.05) is 26.1 Å². The van der Waals surface area contributed by atoms with E-state index in [2.05, 4.69) is 4.90 Å². The van der Waals surface area contributed by atoms with E-state index in [9.17, 15) is 13.2 Å². The SMILES string of the molecule is O=C1CC[C@H](CN2CCOCC2)N1S(=O)(=O)c1ccccc1. The molecule has 0 aromatic heterocycles. The topological polar surface area (TPSA) is 66.9 Å². The number of rotatable bonds is 4. The van der Waals surface area contributed by atoms with Gasteiger partial charge in [-0.25, -0.2) is 12.7 Å². The summed E-state index contributed by atoms with van der Waals surface area (Å²) in [6, 6.07) is 7.89. The molecule has 0 N–H and O–H groups in total. The number of morpholine rings is 1. The van der Waals surface area contributed by atoms with Gasteiger partial charge in [0.2, 0.25) is 5.91 Å². The van der Waals surface area contributed by atoms with Crippen molar-refractivity contribution in [3.63, 3.8) is 0 Å². The minimum atomic E-state index is -3.76. The summed E-state index contributed by atoms with van der Waals surface area (Å²) in [6.07, 6.45) is 0.878. The van der Waals surface area contributed by atoms with Crippen LogP contribution < -0.4 is 0 Å². The first-order chi connectivity index (χ1) is 10.6. The van der Waals surface area contributed by atoms with Crippen LogP contribution in [0.1, 0.15) is 12.8 Å². The Kier molecular flexibility index (Phi) is 4.46. The highest BCUT2D eigenvalue weighted by molar-refractivity contribution is 7.89. The van der Waals surface area contributed by atoms with Crippen LogP contribution in [0.25, 0.3) is 0 Å². The molecule has 1 amide bonds. The standard InChI is InChI=1S/C15H20N2O4S/c18-15-7-6-13(12-16-8-10-21-11-9-16)17(15)22(19,20)14-4-2-1-3-5-14/h1-5,13H,6-12H2/t13-/m1/s1. The predicted octanol–water partition coefficient (Wildman–Crippen LogP) is 0.699. The van der Waals surface area contributed by atoms with Crippen LogP contribution in [0, 0.1) is 0 Å². The third-order valence-corrected chi connectivity index (χ3v) is 6.03. The molecule has 1 atom stereocenters. The molecule has 1 aromatic rings. The highest BCUT2D eigenvalue weighted by Gasteiger charge is 2.41. The van der Waals surface area contributed by atoms with Gasteiger partial charge in [-0.15, -0.1) is 0 Å². The first-order valence-electron chi connectivity index (χ1n) is 7.51. The number of carbonyl (C=O) groups is 1. The summed E-state index contributed by atoms with van der Waals surface area (Å²) < 4.78 is 31.9. The lowest BCUT2D eigenvalue weighted by Gasteiger charge is -2.32. The maximum absolute atomic E-state index is 12.8. The molecule has 22 heavy (non-hydrogen) atoms. The molecule has 0 spiro atoms. The van der Waals surface area contributed by atoms with Crippen molar-refractivity contribution < 1.29 is 17.9 Å². The van der Waals surface area contributed by atoms with Crippen LogP contribution in [0.4, 0.5) is 0 Å². The van der Waals surface area contributed by atoms with Gasteiger partial charge >= 0.3 is 0 Å². The average molecular weight is 324 g/mol. The first kappa shape index (κ1) is 15.5. The fourth-order valence-electron chi connectivity index (χ4n) is 3.00. The monoisotopic (exact) mass is 324 g/mol. The van der Waals surface area contributed by atoms with Crippen molar-refractivity contribution in [2.45, 2.75) is 23.8 Å². The third-order valence-electron chi connectivity index (χ3n) is 4.14.